The van der Waals surface area contributed by atoms with Crippen molar-refractivity contribution in [1.82, 2.24) is 14.6 Å². The Hall–Kier alpha value is -2.93. The Bertz CT molecular complexity index is 1100. The van der Waals surface area contributed by atoms with Gasteiger partial charge in [-0.2, -0.15) is 9.50 Å². The molecule has 0 unspecified atom stereocenters. The average molecular weight is 353 g/mol. The van der Waals surface area contributed by atoms with Crippen LogP contribution in [0.15, 0.2) is 51.9 Å². The molecule has 3 aromatic heterocycles. The number of nitrogens with zero attached hydrogens (tertiary/aromatic N) is 3. The van der Waals surface area contributed by atoms with Gasteiger partial charge in [-0.05, 0) is 42.8 Å². The highest BCUT2D eigenvalue weighted by molar-refractivity contribution is 7.15. The van der Waals surface area contributed by atoms with Crippen molar-refractivity contribution in [3.63, 3.8) is 0 Å². The third kappa shape index (κ3) is 3.06. The van der Waals surface area contributed by atoms with Crippen LogP contribution in [-0.2, 0) is 0 Å². The van der Waals surface area contributed by atoms with Crippen LogP contribution < -0.4 is 14.8 Å². The van der Waals surface area contributed by atoms with Crippen LogP contribution in [0, 0.1) is 0 Å². The van der Waals surface area contributed by atoms with E-state index in [2.05, 4.69) is 17.0 Å². The smallest absolute Gasteiger partial charge is 0.291 e. The number of fused-ring (bicyclic) bond motifs is 1. The Morgan fingerprint density at radius 3 is 2.80 bits per heavy atom. The van der Waals surface area contributed by atoms with Crippen molar-refractivity contribution in [2.24, 2.45) is 0 Å². The molecule has 0 N–H and O–H groups in total. The van der Waals surface area contributed by atoms with Crippen molar-refractivity contribution in [3.05, 3.63) is 63.3 Å². The molecule has 126 valence electrons. The molecule has 4 rings (SSSR count). The minimum absolute atomic E-state index is 0.196. The highest BCUT2D eigenvalue weighted by atomic mass is 32.1. The summed E-state index contributed by atoms with van der Waals surface area (Å²) in [5.41, 5.74) is 0.647. The van der Waals surface area contributed by atoms with Gasteiger partial charge in [0.15, 0.2) is 5.82 Å². The third-order valence-electron chi connectivity index (χ3n) is 3.58. The fraction of sp³-hybridized carbons (Fsp3) is 0.167. The number of thiazole rings is 1. The first-order valence-corrected chi connectivity index (χ1v) is 8.74. The van der Waals surface area contributed by atoms with Crippen molar-refractivity contribution in [3.8, 4) is 17.1 Å². The van der Waals surface area contributed by atoms with Gasteiger partial charge < -0.3 is 9.15 Å². The Morgan fingerprint density at radius 1 is 1.28 bits per heavy atom. The molecule has 1 aromatic carbocycles. The Morgan fingerprint density at radius 2 is 2.12 bits per heavy atom. The highest BCUT2D eigenvalue weighted by Gasteiger charge is 2.12. The molecule has 0 saturated heterocycles. The van der Waals surface area contributed by atoms with E-state index in [0.717, 1.165) is 17.7 Å². The van der Waals surface area contributed by atoms with Crippen LogP contribution in [0.1, 0.15) is 19.1 Å². The molecule has 25 heavy (non-hydrogen) atoms. The fourth-order valence-corrected chi connectivity index (χ4v) is 3.27. The molecule has 0 bridgehead atoms. The van der Waals surface area contributed by atoms with Crippen molar-refractivity contribution in [2.45, 2.75) is 13.3 Å². The number of hydrogen-bond donors (Lipinski definition) is 0. The van der Waals surface area contributed by atoms with Gasteiger partial charge in [-0.25, -0.2) is 0 Å². The van der Waals surface area contributed by atoms with Crippen LogP contribution in [-0.4, -0.2) is 21.2 Å². The lowest BCUT2D eigenvalue weighted by Gasteiger charge is -2.04. The van der Waals surface area contributed by atoms with Crippen LogP contribution in [0.25, 0.3) is 22.4 Å². The lowest BCUT2D eigenvalue weighted by atomic mass is 10.2. The number of hydrogen-bond acceptors (Lipinski definition) is 6. The molecule has 0 aliphatic heterocycles. The maximum atomic E-state index is 12.4. The minimum atomic E-state index is -0.196. The normalized spacial score (nSPS) is 12.1. The summed E-state index contributed by atoms with van der Waals surface area (Å²) in [4.78, 5) is 17.5. The standard InChI is InChI=1S/C18H15N3O3S/c1-2-9-23-13-7-5-12(6-8-13)16-19-18-21(20-16)17(22)15(25-18)11-14-4-3-10-24-14/h3-8,10-11H,2,9H2,1H3/b15-11+. The van der Waals surface area contributed by atoms with Gasteiger partial charge in [-0.3, -0.25) is 4.79 Å². The summed E-state index contributed by atoms with van der Waals surface area (Å²) < 4.78 is 12.7. The number of aromatic nitrogens is 3. The highest BCUT2D eigenvalue weighted by Crippen LogP contribution is 2.20. The summed E-state index contributed by atoms with van der Waals surface area (Å²) >= 11 is 1.29. The average Bonchev–Trinajstić information content (AvgIpc) is 3.34. The molecule has 0 aliphatic rings. The zero-order chi connectivity index (χ0) is 17.2. The van der Waals surface area contributed by atoms with E-state index in [1.54, 1.807) is 24.5 Å². The van der Waals surface area contributed by atoms with Crippen LogP contribution >= 0.6 is 11.3 Å². The molecule has 0 spiro atoms. The first-order valence-electron chi connectivity index (χ1n) is 7.92. The predicted molar refractivity (Wildman–Crippen MR) is 95.8 cm³/mol. The number of rotatable bonds is 5. The molecule has 7 heteroatoms. The van der Waals surface area contributed by atoms with Crippen LogP contribution in [0.5, 0.6) is 5.75 Å². The molecule has 6 nitrogen and oxygen atoms in total. The minimum Gasteiger partial charge on any atom is -0.494 e. The summed E-state index contributed by atoms with van der Waals surface area (Å²) in [6.45, 7) is 2.75. The van der Waals surface area contributed by atoms with Crippen molar-refractivity contribution < 1.29 is 9.15 Å². The summed E-state index contributed by atoms with van der Waals surface area (Å²) in [5.74, 6) is 1.96. The topological polar surface area (TPSA) is 69.6 Å². The summed E-state index contributed by atoms with van der Waals surface area (Å²) in [5, 5.41) is 4.34. The van der Waals surface area contributed by atoms with Gasteiger partial charge in [0.2, 0.25) is 4.96 Å². The first kappa shape index (κ1) is 15.6. The van der Waals surface area contributed by atoms with E-state index in [9.17, 15) is 4.79 Å². The van der Waals surface area contributed by atoms with Gasteiger partial charge in [0.05, 0.1) is 12.9 Å². The molecule has 0 fully saturated rings. The number of benzene rings is 1. The van der Waals surface area contributed by atoms with E-state index in [1.165, 1.54) is 15.9 Å². The number of ether oxygens (including phenoxy) is 1. The van der Waals surface area contributed by atoms with Crippen molar-refractivity contribution in [2.75, 3.05) is 6.61 Å². The van der Waals surface area contributed by atoms with E-state index < -0.39 is 0 Å². The molecular weight excluding hydrogens is 338 g/mol. The maximum absolute atomic E-state index is 12.4. The number of furan rings is 1. The second-order valence-electron chi connectivity index (χ2n) is 5.43. The molecule has 0 saturated carbocycles. The second kappa shape index (κ2) is 6.52. The maximum Gasteiger partial charge on any atom is 0.291 e. The van der Waals surface area contributed by atoms with E-state index in [4.69, 9.17) is 9.15 Å². The van der Waals surface area contributed by atoms with Gasteiger partial charge in [0, 0.05) is 11.6 Å². The third-order valence-corrected chi connectivity index (χ3v) is 4.54. The van der Waals surface area contributed by atoms with Crippen molar-refractivity contribution in [1.29, 1.82) is 0 Å². The van der Waals surface area contributed by atoms with Gasteiger partial charge >= 0.3 is 0 Å². The molecule has 0 radical (unpaired) electrons. The molecular formula is C18H15N3O3S. The fourth-order valence-electron chi connectivity index (χ4n) is 2.38. The SMILES string of the molecule is CCCOc1ccc(-c2nc3s/c(=C/c4ccco4)c(=O)n3n2)cc1. The van der Waals surface area contributed by atoms with Gasteiger partial charge in [-0.15, -0.1) is 5.10 Å². The van der Waals surface area contributed by atoms with E-state index in [0.29, 0.717) is 27.7 Å². The molecule has 3 heterocycles. The van der Waals surface area contributed by atoms with Gasteiger partial charge in [-0.1, -0.05) is 18.3 Å². The summed E-state index contributed by atoms with van der Waals surface area (Å²) in [6.07, 6.45) is 4.23. The van der Waals surface area contributed by atoms with Crippen LogP contribution in [0.3, 0.4) is 0 Å². The van der Waals surface area contributed by atoms with E-state index in [-0.39, 0.29) is 5.56 Å². The van der Waals surface area contributed by atoms with Gasteiger partial charge in [0.25, 0.3) is 5.56 Å². The largest absolute Gasteiger partial charge is 0.494 e. The summed E-state index contributed by atoms with van der Waals surface area (Å²) in [7, 11) is 0. The zero-order valence-corrected chi connectivity index (χ0v) is 14.3. The monoisotopic (exact) mass is 353 g/mol. The zero-order valence-electron chi connectivity index (χ0n) is 13.5. The molecule has 0 amide bonds. The Balaban J connectivity index is 1.67. The van der Waals surface area contributed by atoms with Crippen LogP contribution in [0.4, 0.5) is 0 Å². The van der Waals surface area contributed by atoms with Crippen molar-refractivity contribution >= 4 is 22.4 Å². The Labute approximate surface area is 147 Å². The predicted octanol–water partition coefficient (Wildman–Crippen LogP) is 2.75. The lowest BCUT2D eigenvalue weighted by Crippen LogP contribution is -2.23. The molecule has 0 aliphatic carbocycles. The molecule has 0 atom stereocenters. The molecule has 4 aromatic rings. The van der Waals surface area contributed by atoms with E-state index >= 15 is 0 Å². The first-order chi connectivity index (χ1) is 12.2. The Kier molecular flexibility index (Phi) is 4.07. The van der Waals surface area contributed by atoms with Crippen LogP contribution in [0.2, 0.25) is 0 Å². The van der Waals surface area contributed by atoms with Gasteiger partial charge in [0.1, 0.15) is 16.0 Å². The summed E-state index contributed by atoms with van der Waals surface area (Å²) in [6, 6.07) is 11.1. The lowest BCUT2D eigenvalue weighted by molar-refractivity contribution is 0.317. The quantitative estimate of drug-likeness (QED) is 0.552. The second-order valence-corrected chi connectivity index (χ2v) is 6.44. The van der Waals surface area contributed by atoms with E-state index in [1.807, 2.05) is 24.3 Å².